The Balaban J connectivity index is 2.03. The van der Waals surface area contributed by atoms with Gasteiger partial charge in [-0.15, -0.1) is 11.3 Å². The van der Waals surface area contributed by atoms with Gasteiger partial charge in [-0.3, -0.25) is 9.59 Å². The summed E-state index contributed by atoms with van der Waals surface area (Å²) in [4.78, 5) is 28.1. The molecule has 0 spiro atoms. The lowest BCUT2D eigenvalue weighted by Gasteiger charge is -2.20. The smallest absolute Gasteiger partial charge is 0.287 e. The van der Waals surface area contributed by atoms with Crippen LogP contribution in [0, 0.1) is 5.92 Å². The van der Waals surface area contributed by atoms with Crippen LogP contribution in [0.5, 0.6) is 0 Å². The van der Waals surface area contributed by atoms with Crippen LogP contribution < -0.4 is 10.6 Å². The van der Waals surface area contributed by atoms with Gasteiger partial charge in [0.1, 0.15) is 6.04 Å². The molecule has 2 heterocycles. The Labute approximate surface area is 120 Å². The van der Waals surface area contributed by atoms with E-state index in [1.54, 1.807) is 23.7 Å². The SMILES string of the molecule is CC(C)[C@H](NC(=O)c1ccco1)C(=O)Nc1nccs1. The molecule has 106 valence electrons. The highest BCUT2D eigenvalue weighted by Crippen LogP contribution is 2.13. The van der Waals surface area contributed by atoms with Crippen molar-refractivity contribution in [1.29, 1.82) is 0 Å². The predicted octanol–water partition coefficient (Wildman–Crippen LogP) is 2.13. The number of carbonyl (C=O) groups is 2. The number of nitrogens with zero attached hydrogens (tertiary/aromatic N) is 1. The highest BCUT2D eigenvalue weighted by molar-refractivity contribution is 7.13. The van der Waals surface area contributed by atoms with Crippen molar-refractivity contribution in [2.45, 2.75) is 19.9 Å². The second-order valence-corrected chi connectivity index (χ2v) is 5.39. The predicted molar refractivity (Wildman–Crippen MR) is 75.5 cm³/mol. The van der Waals surface area contributed by atoms with Crippen LogP contribution in [-0.2, 0) is 4.79 Å². The van der Waals surface area contributed by atoms with E-state index < -0.39 is 11.9 Å². The van der Waals surface area contributed by atoms with Crippen molar-refractivity contribution in [1.82, 2.24) is 10.3 Å². The highest BCUT2D eigenvalue weighted by atomic mass is 32.1. The summed E-state index contributed by atoms with van der Waals surface area (Å²) in [7, 11) is 0. The lowest BCUT2D eigenvalue weighted by atomic mass is 10.0. The van der Waals surface area contributed by atoms with Crippen molar-refractivity contribution in [3.05, 3.63) is 35.7 Å². The molecule has 0 unspecified atom stereocenters. The maximum Gasteiger partial charge on any atom is 0.287 e. The zero-order chi connectivity index (χ0) is 14.5. The standard InChI is InChI=1S/C13H15N3O3S/c1-8(2)10(12(18)16-13-14-5-7-20-13)15-11(17)9-4-3-6-19-9/h3-8,10H,1-2H3,(H,15,17)(H,14,16,18)/t10-/m0/s1. The van der Waals surface area contributed by atoms with Crippen molar-refractivity contribution >= 4 is 28.3 Å². The molecule has 2 aromatic rings. The van der Waals surface area contributed by atoms with Gasteiger partial charge in [-0.1, -0.05) is 13.8 Å². The first kappa shape index (κ1) is 14.3. The average molecular weight is 293 g/mol. The molecule has 0 bridgehead atoms. The van der Waals surface area contributed by atoms with E-state index in [0.717, 1.165) is 0 Å². The summed E-state index contributed by atoms with van der Waals surface area (Å²) in [5.41, 5.74) is 0. The van der Waals surface area contributed by atoms with Crippen molar-refractivity contribution in [2.75, 3.05) is 5.32 Å². The van der Waals surface area contributed by atoms with E-state index in [0.29, 0.717) is 5.13 Å². The minimum Gasteiger partial charge on any atom is -0.459 e. The number of hydrogen-bond acceptors (Lipinski definition) is 5. The van der Waals surface area contributed by atoms with Crippen molar-refractivity contribution < 1.29 is 14.0 Å². The zero-order valence-corrected chi connectivity index (χ0v) is 11.9. The topological polar surface area (TPSA) is 84.2 Å². The number of amides is 2. The molecule has 0 saturated heterocycles. The quantitative estimate of drug-likeness (QED) is 0.884. The summed E-state index contributed by atoms with van der Waals surface area (Å²) in [6.45, 7) is 3.71. The number of furan rings is 1. The highest BCUT2D eigenvalue weighted by Gasteiger charge is 2.26. The fourth-order valence-electron chi connectivity index (χ4n) is 1.62. The van der Waals surface area contributed by atoms with Gasteiger partial charge in [0.25, 0.3) is 5.91 Å². The monoisotopic (exact) mass is 293 g/mol. The summed E-state index contributed by atoms with van der Waals surface area (Å²) >= 11 is 1.32. The van der Waals surface area contributed by atoms with Gasteiger partial charge in [0, 0.05) is 11.6 Å². The third kappa shape index (κ3) is 3.45. The van der Waals surface area contributed by atoms with E-state index in [1.807, 2.05) is 13.8 Å². The second kappa shape index (κ2) is 6.33. The Morgan fingerprint density at radius 2 is 2.20 bits per heavy atom. The number of aromatic nitrogens is 1. The zero-order valence-electron chi connectivity index (χ0n) is 11.1. The first-order chi connectivity index (χ1) is 9.58. The molecule has 6 nitrogen and oxygen atoms in total. The number of anilines is 1. The van der Waals surface area contributed by atoms with Gasteiger partial charge < -0.3 is 15.1 Å². The number of carbonyl (C=O) groups excluding carboxylic acids is 2. The number of rotatable bonds is 5. The molecule has 0 saturated carbocycles. The Morgan fingerprint density at radius 3 is 2.75 bits per heavy atom. The van der Waals surface area contributed by atoms with Gasteiger partial charge in [0.05, 0.1) is 6.26 Å². The molecule has 2 aromatic heterocycles. The summed E-state index contributed by atoms with van der Waals surface area (Å²) in [6.07, 6.45) is 3.01. The van der Waals surface area contributed by atoms with Crippen LogP contribution in [0.1, 0.15) is 24.4 Å². The van der Waals surface area contributed by atoms with Gasteiger partial charge in [-0.05, 0) is 18.1 Å². The van der Waals surface area contributed by atoms with Crippen LogP contribution in [0.3, 0.4) is 0 Å². The summed E-state index contributed by atoms with van der Waals surface area (Å²) < 4.78 is 5.01. The van der Waals surface area contributed by atoms with E-state index in [2.05, 4.69) is 15.6 Å². The lowest BCUT2D eigenvalue weighted by molar-refractivity contribution is -0.118. The van der Waals surface area contributed by atoms with E-state index >= 15 is 0 Å². The number of nitrogens with one attached hydrogen (secondary N) is 2. The van der Waals surface area contributed by atoms with Gasteiger partial charge in [-0.2, -0.15) is 0 Å². The third-order valence-electron chi connectivity index (χ3n) is 2.64. The molecule has 0 fully saturated rings. The molecule has 7 heteroatoms. The van der Waals surface area contributed by atoms with Crippen LogP contribution in [-0.4, -0.2) is 22.8 Å². The molecule has 2 amide bonds. The van der Waals surface area contributed by atoms with Gasteiger partial charge in [0.15, 0.2) is 10.9 Å². The van der Waals surface area contributed by atoms with Crippen LogP contribution in [0.25, 0.3) is 0 Å². The van der Waals surface area contributed by atoms with Crippen LogP contribution in [0.2, 0.25) is 0 Å². The van der Waals surface area contributed by atoms with E-state index in [4.69, 9.17) is 4.42 Å². The maximum absolute atomic E-state index is 12.2. The van der Waals surface area contributed by atoms with Crippen molar-refractivity contribution in [3.63, 3.8) is 0 Å². The van der Waals surface area contributed by atoms with Crippen molar-refractivity contribution in [3.8, 4) is 0 Å². The summed E-state index contributed by atoms with van der Waals surface area (Å²) in [5, 5.41) is 7.61. The molecule has 0 aliphatic carbocycles. The first-order valence-electron chi connectivity index (χ1n) is 6.12. The molecule has 0 aliphatic heterocycles. The lowest BCUT2D eigenvalue weighted by Crippen LogP contribution is -2.47. The third-order valence-corrected chi connectivity index (χ3v) is 3.33. The molecule has 1 atom stereocenters. The summed E-state index contributed by atoms with van der Waals surface area (Å²) in [6, 6.07) is 2.51. The van der Waals surface area contributed by atoms with Crippen LogP contribution in [0.15, 0.2) is 34.4 Å². The van der Waals surface area contributed by atoms with Crippen LogP contribution in [0.4, 0.5) is 5.13 Å². The largest absolute Gasteiger partial charge is 0.459 e. The molecular weight excluding hydrogens is 278 g/mol. The maximum atomic E-state index is 12.2. The summed E-state index contributed by atoms with van der Waals surface area (Å²) in [5.74, 6) is -0.593. The molecule has 2 rings (SSSR count). The van der Waals surface area contributed by atoms with Gasteiger partial charge in [-0.25, -0.2) is 4.98 Å². The normalized spacial score (nSPS) is 12.2. The molecule has 0 aliphatic rings. The molecular formula is C13H15N3O3S. The molecule has 2 N–H and O–H groups in total. The molecule has 20 heavy (non-hydrogen) atoms. The minimum absolute atomic E-state index is 0.0612. The van der Waals surface area contributed by atoms with Gasteiger partial charge in [0.2, 0.25) is 5.91 Å². The van der Waals surface area contributed by atoms with E-state index in [1.165, 1.54) is 17.6 Å². The fourth-order valence-corrected chi connectivity index (χ4v) is 2.16. The Morgan fingerprint density at radius 1 is 1.40 bits per heavy atom. The first-order valence-corrected chi connectivity index (χ1v) is 7.00. The molecule has 0 aromatic carbocycles. The number of hydrogen-bond donors (Lipinski definition) is 2. The molecule has 0 radical (unpaired) electrons. The van der Waals surface area contributed by atoms with Gasteiger partial charge >= 0.3 is 0 Å². The van der Waals surface area contributed by atoms with E-state index in [-0.39, 0.29) is 17.6 Å². The Hall–Kier alpha value is -2.15. The van der Waals surface area contributed by atoms with Crippen LogP contribution >= 0.6 is 11.3 Å². The minimum atomic E-state index is -0.656. The van der Waals surface area contributed by atoms with Crippen molar-refractivity contribution in [2.24, 2.45) is 5.92 Å². The Bertz CT molecular complexity index is 564. The fraction of sp³-hybridized carbons (Fsp3) is 0.308. The number of thiazole rings is 1. The Kier molecular flexibility index (Phi) is 4.52. The van der Waals surface area contributed by atoms with E-state index in [9.17, 15) is 9.59 Å². The average Bonchev–Trinajstić information content (AvgIpc) is 3.07. The second-order valence-electron chi connectivity index (χ2n) is 4.50.